The average molecular weight is 256 g/mol. The van der Waals surface area contributed by atoms with E-state index in [-0.39, 0.29) is 0 Å². The number of para-hydroxylation sites is 1. The molecule has 1 aromatic carbocycles. The Morgan fingerprint density at radius 2 is 2.00 bits per heavy atom. The number of aromatic nitrogens is 1. The Hall–Kier alpha value is -1.49. The quantitative estimate of drug-likeness (QED) is 0.868. The maximum absolute atomic E-state index is 13.0. The molecule has 0 fully saturated rings. The largest absolute Gasteiger partial charge is 0.431 e. The SMILES string of the molecule is Cc1cccc2c(CCCN)c(C(F)(F)F)[nH]c12. The molecule has 0 aliphatic rings. The van der Waals surface area contributed by atoms with Gasteiger partial charge in [-0.25, -0.2) is 0 Å². The highest BCUT2D eigenvalue weighted by atomic mass is 19.4. The molecule has 0 aliphatic carbocycles. The van der Waals surface area contributed by atoms with Gasteiger partial charge in [-0.1, -0.05) is 18.2 Å². The summed E-state index contributed by atoms with van der Waals surface area (Å²) < 4.78 is 38.9. The van der Waals surface area contributed by atoms with Crippen LogP contribution < -0.4 is 5.73 Å². The molecule has 18 heavy (non-hydrogen) atoms. The predicted octanol–water partition coefficient (Wildman–Crippen LogP) is 3.39. The normalized spacial score (nSPS) is 12.3. The number of aryl methyl sites for hydroxylation is 2. The monoisotopic (exact) mass is 256 g/mol. The molecule has 0 radical (unpaired) electrons. The molecular weight excluding hydrogens is 241 g/mol. The topological polar surface area (TPSA) is 41.8 Å². The lowest BCUT2D eigenvalue weighted by Gasteiger charge is -2.07. The minimum atomic E-state index is -4.35. The van der Waals surface area contributed by atoms with E-state index in [0.29, 0.717) is 35.9 Å². The van der Waals surface area contributed by atoms with E-state index < -0.39 is 11.9 Å². The molecule has 98 valence electrons. The summed E-state index contributed by atoms with van der Waals surface area (Å²) in [6.45, 7) is 2.18. The van der Waals surface area contributed by atoms with Gasteiger partial charge in [0.1, 0.15) is 5.69 Å². The first-order valence-electron chi connectivity index (χ1n) is 5.82. The Bertz CT molecular complexity index is 555. The molecule has 0 saturated heterocycles. The summed E-state index contributed by atoms with van der Waals surface area (Å²) in [5.41, 5.74) is 6.46. The molecule has 0 bridgehead atoms. The Balaban J connectivity index is 2.65. The predicted molar refractivity (Wildman–Crippen MR) is 65.4 cm³/mol. The van der Waals surface area contributed by atoms with E-state index in [1.54, 1.807) is 25.1 Å². The van der Waals surface area contributed by atoms with Crippen LogP contribution in [0.25, 0.3) is 10.9 Å². The lowest BCUT2D eigenvalue weighted by Crippen LogP contribution is -2.10. The second kappa shape index (κ2) is 4.65. The van der Waals surface area contributed by atoms with Crippen LogP contribution in [0.4, 0.5) is 13.2 Å². The number of nitrogens with two attached hydrogens (primary N) is 1. The summed E-state index contributed by atoms with van der Waals surface area (Å²) >= 11 is 0. The highest BCUT2D eigenvalue weighted by Gasteiger charge is 2.36. The van der Waals surface area contributed by atoms with Crippen molar-refractivity contribution in [2.75, 3.05) is 6.54 Å². The molecule has 1 heterocycles. The van der Waals surface area contributed by atoms with Crippen LogP contribution in [-0.4, -0.2) is 11.5 Å². The molecule has 3 N–H and O–H groups in total. The molecule has 0 unspecified atom stereocenters. The second-order valence-corrected chi connectivity index (χ2v) is 4.37. The zero-order valence-electron chi connectivity index (χ0n) is 10.1. The number of fused-ring (bicyclic) bond motifs is 1. The minimum absolute atomic E-state index is 0.326. The van der Waals surface area contributed by atoms with Crippen molar-refractivity contribution in [3.63, 3.8) is 0 Å². The van der Waals surface area contributed by atoms with Gasteiger partial charge in [-0.2, -0.15) is 13.2 Å². The zero-order chi connectivity index (χ0) is 13.3. The Labute approximate surface area is 103 Å². The van der Waals surface area contributed by atoms with Gasteiger partial charge >= 0.3 is 6.18 Å². The van der Waals surface area contributed by atoms with E-state index >= 15 is 0 Å². The summed E-state index contributed by atoms with van der Waals surface area (Å²) in [5.74, 6) is 0. The van der Waals surface area contributed by atoms with E-state index in [4.69, 9.17) is 5.73 Å². The average Bonchev–Trinajstić information content (AvgIpc) is 2.66. The molecule has 0 atom stereocenters. The number of alkyl halides is 3. The van der Waals surface area contributed by atoms with Crippen LogP contribution >= 0.6 is 0 Å². The van der Waals surface area contributed by atoms with Gasteiger partial charge in [-0.3, -0.25) is 0 Å². The van der Waals surface area contributed by atoms with Crippen molar-refractivity contribution in [3.05, 3.63) is 35.0 Å². The Morgan fingerprint density at radius 1 is 1.28 bits per heavy atom. The van der Waals surface area contributed by atoms with Crippen LogP contribution in [-0.2, 0) is 12.6 Å². The number of H-pyrrole nitrogens is 1. The fourth-order valence-corrected chi connectivity index (χ4v) is 2.20. The van der Waals surface area contributed by atoms with Crippen molar-refractivity contribution in [3.8, 4) is 0 Å². The first-order valence-corrected chi connectivity index (χ1v) is 5.82. The van der Waals surface area contributed by atoms with Crippen molar-refractivity contribution in [1.29, 1.82) is 0 Å². The van der Waals surface area contributed by atoms with Crippen molar-refractivity contribution >= 4 is 10.9 Å². The van der Waals surface area contributed by atoms with Gasteiger partial charge in [0.2, 0.25) is 0 Å². The highest BCUT2D eigenvalue weighted by molar-refractivity contribution is 5.87. The summed E-state index contributed by atoms with van der Waals surface area (Å²) in [6.07, 6.45) is -3.46. The molecule has 0 aliphatic heterocycles. The number of hydrogen-bond donors (Lipinski definition) is 2. The third kappa shape index (κ3) is 2.22. The number of benzene rings is 1. The fraction of sp³-hybridized carbons (Fsp3) is 0.385. The summed E-state index contributed by atoms with van der Waals surface area (Å²) in [7, 11) is 0. The van der Waals surface area contributed by atoms with E-state index in [1.807, 2.05) is 0 Å². The van der Waals surface area contributed by atoms with E-state index in [9.17, 15) is 13.2 Å². The van der Waals surface area contributed by atoms with Crippen molar-refractivity contribution < 1.29 is 13.2 Å². The molecule has 2 rings (SSSR count). The molecule has 2 nitrogen and oxygen atoms in total. The molecule has 0 saturated carbocycles. The Kier molecular flexibility index (Phi) is 3.34. The van der Waals surface area contributed by atoms with Gasteiger partial charge in [0.15, 0.2) is 0 Å². The molecule has 5 heteroatoms. The van der Waals surface area contributed by atoms with E-state index in [1.165, 1.54) is 0 Å². The maximum atomic E-state index is 13.0. The lowest BCUT2D eigenvalue weighted by atomic mass is 10.0. The molecule has 0 spiro atoms. The fourth-order valence-electron chi connectivity index (χ4n) is 2.20. The summed E-state index contributed by atoms with van der Waals surface area (Å²) in [5, 5.41) is 0.649. The molecular formula is C13H15F3N2. The van der Waals surface area contributed by atoms with Gasteiger partial charge in [0.25, 0.3) is 0 Å². The first kappa shape index (κ1) is 13.0. The van der Waals surface area contributed by atoms with Crippen LogP contribution in [0.5, 0.6) is 0 Å². The van der Waals surface area contributed by atoms with Crippen LogP contribution in [0.2, 0.25) is 0 Å². The number of nitrogens with one attached hydrogen (secondary N) is 1. The van der Waals surface area contributed by atoms with Gasteiger partial charge < -0.3 is 10.7 Å². The van der Waals surface area contributed by atoms with Crippen molar-refractivity contribution in [1.82, 2.24) is 4.98 Å². The number of rotatable bonds is 3. The minimum Gasteiger partial charge on any atom is -0.351 e. The zero-order valence-corrected chi connectivity index (χ0v) is 10.1. The number of aromatic amines is 1. The smallest absolute Gasteiger partial charge is 0.351 e. The molecule has 0 amide bonds. The summed E-state index contributed by atoms with van der Waals surface area (Å²) in [6, 6.07) is 5.29. The van der Waals surface area contributed by atoms with E-state index in [0.717, 1.165) is 5.56 Å². The standard InChI is InChI=1S/C13H15F3N2/c1-8-4-2-5-9-10(6-3-7-17)12(13(14,15)16)18-11(8)9/h2,4-5,18H,3,6-7,17H2,1H3. The van der Waals surface area contributed by atoms with Crippen molar-refractivity contribution in [2.24, 2.45) is 5.73 Å². The highest BCUT2D eigenvalue weighted by Crippen LogP contribution is 2.36. The summed E-state index contributed by atoms with van der Waals surface area (Å²) in [4.78, 5) is 2.52. The second-order valence-electron chi connectivity index (χ2n) is 4.37. The maximum Gasteiger partial charge on any atom is 0.431 e. The van der Waals surface area contributed by atoms with Gasteiger partial charge in [-0.05, 0) is 37.4 Å². The molecule has 1 aromatic heterocycles. The van der Waals surface area contributed by atoms with Gasteiger partial charge in [0, 0.05) is 10.9 Å². The van der Waals surface area contributed by atoms with Crippen LogP contribution in [0, 0.1) is 6.92 Å². The van der Waals surface area contributed by atoms with E-state index in [2.05, 4.69) is 4.98 Å². The Morgan fingerprint density at radius 3 is 2.61 bits per heavy atom. The van der Waals surface area contributed by atoms with Crippen LogP contribution in [0.1, 0.15) is 23.2 Å². The van der Waals surface area contributed by atoms with Crippen LogP contribution in [0.3, 0.4) is 0 Å². The van der Waals surface area contributed by atoms with Crippen LogP contribution in [0.15, 0.2) is 18.2 Å². The third-order valence-corrected chi connectivity index (χ3v) is 3.06. The lowest BCUT2D eigenvalue weighted by molar-refractivity contribution is -0.141. The van der Waals surface area contributed by atoms with Crippen molar-refractivity contribution in [2.45, 2.75) is 25.9 Å². The third-order valence-electron chi connectivity index (χ3n) is 3.06. The number of halogens is 3. The van der Waals surface area contributed by atoms with Gasteiger partial charge in [-0.15, -0.1) is 0 Å². The van der Waals surface area contributed by atoms with Gasteiger partial charge in [0.05, 0.1) is 0 Å². The molecule has 2 aromatic rings. The first-order chi connectivity index (χ1) is 8.45. The number of hydrogen-bond acceptors (Lipinski definition) is 1.